The number of nitrogens with zero attached hydrogens (tertiary/aromatic N) is 2. The van der Waals surface area contributed by atoms with Crippen molar-refractivity contribution in [1.82, 2.24) is 4.98 Å². The van der Waals surface area contributed by atoms with E-state index in [1.807, 2.05) is 12.1 Å². The molecule has 4 saturated carbocycles. The first-order valence-electron chi connectivity index (χ1n) is 7.40. The van der Waals surface area contributed by atoms with E-state index in [0.29, 0.717) is 5.69 Å². The predicted molar refractivity (Wildman–Crippen MR) is 73.5 cm³/mol. The van der Waals surface area contributed by atoms with E-state index in [0.717, 1.165) is 23.6 Å². The third-order valence-electron chi connectivity index (χ3n) is 5.30. The first-order valence-corrected chi connectivity index (χ1v) is 7.40. The highest BCUT2D eigenvalue weighted by atomic mass is 15.1. The molecule has 3 heteroatoms. The van der Waals surface area contributed by atoms with E-state index in [2.05, 4.69) is 16.4 Å². The molecule has 3 nitrogen and oxygen atoms in total. The van der Waals surface area contributed by atoms with Crippen LogP contribution in [0.25, 0.3) is 0 Å². The minimum absolute atomic E-state index is 0.274. The van der Waals surface area contributed by atoms with Crippen LogP contribution < -0.4 is 5.32 Å². The van der Waals surface area contributed by atoms with E-state index in [4.69, 9.17) is 5.26 Å². The maximum absolute atomic E-state index is 8.95. The van der Waals surface area contributed by atoms with Crippen molar-refractivity contribution in [3.05, 3.63) is 23.9 Å². The molecule has 0 aromatic carbocycles. The fourth-order valence-electron chi connectivity index (χ4n) is 5.10. The number of pyridine rings is 1. The summed E-state index contributed by atoms with van der Waals surface area (Å²) in [4.78, 5) is 4.40. The number of aromatic nitrogens is 1. The van der Waals surface area contributed by atoms with Gasteiger partial charge in [-0.25, -0.2) is 4.98 Å². The molecule has 0 spiro atoms. The van der Waals surface area contributed by atoms with Crippen molar-refractivity contribution in [1.29, 1.82) is 5.26 Å². The SMILES string of the molecule is N#Cc1cccc(NC23CC4CC(CC(C4)C2)C3)n1. The molecule has 1 heterocycles. The maximum atomic E-state index is 8.95. The summed E-state index contributed by atoms with van der Waals surface area (Å²) in [6.07, 6.45) is 8.26. The van der Waals surface area contributed by atoms with Gasteiger partial charge in [0.05, 0.1) is 0 Å². The summed E-state index contributed by atoms with van der Waals surface area (Å²) in [5, 5.41) is 12.7. The second kappa shape index (κ2) is 3.96. The van der Waals surface area contributed by atoms with Gasteiger partial charge in [-0.2, -0.15) is 5.26 Å². The summed E-state index contributed by atoms with van der Waals surface area (Å²) >= 11 is 0. The van der Waals surface area contributed by atoms with Crippen LogP contribution in [0, 0.1) is 29.1 Å². The highest BCUT2D eigenvalue weighted by Gasteiger charge is 2.50. The van der Waals surface area contributed by atoms with Crippen LogP contribution >= 0.6 is 0 Å². The molecule has 4 bridgehead atoms. The molecule has 0 amide bonds. The number of rotatable bonds is 2. The van der Waals surface area contributed by atoms with Gasteiger partial charge in [0.1, 0.15) is 17.6 Å². The predicted octanol–water partition coefficient (Wildman–Crippen LogP) is 3.33. The molecule has 0 saturated heterocycles. The molecule has 0 aliphatic heterocycles. The average Bonchev–Trinajstić information content (AvgIpc) is 2.36. The van der Waals surface area contributed by atoms with Gasteiger partial charge in [0.2, 0.25) is 0 Å². The van der Waals surface area contributed by atoms with E-state index in [9.17, 15) is 0 Å². The lowest BCUT2D eigenvalue weighted by atomic mass is 9.53. The molecule has 0 atom stereocenters. The van der Waals surface area contributed by atoms with E-state index in [1.54, 1.807) is 6.07 Å². The van der Waals surface area contributed by atoms with Crippen LogP contribution in [-0.2, 0) is 0 Å². The molecule has 0 radical (unpaired) electrons. The summed E-state index contributed by atoms with van der Waals surface area (Å²) in [5.74, 6) is 3.68. The number of nitrogens with one attached hydrogen (secondary N) is 1. The fourth-order valence-corrected chi connectivity index (χ4v) is 5.10. The Morgan fingerprint density at radius 3 is 2.32 bits per heavy atom. The lowest BCUT2D eigenvalue weighted by molar-refractivity contribution is 0.0105. The zero-order chi connectivity index (χ0) is 12.9. The van der Waals surface area contributed by atoms with Crippen LogP contribution in [0.2, 0.25) is 0 Å². The van der Waals surface area contributed by atoms with E-state index < -0.39 is 0 Å². The molecule has 98 valence electrons. The largest absolute Gasteiger partial charge is 0.365 e. The molecule has 0 unspecified atom stereocenters. The van der Waals surface area contributed by atoms with Crippen LogP contribution in [0.15, 0.2) is 18.2 Å². The van der Waals surface area contributed by atoms with Crippen molar-refractivity contribution in [2.45, 2.75) is 44.1 Å². The number of anilines is 1. The van der Waals surface area contributed by atoms with Gasteiger partial charge in [-0.05, 0) is 68.4 Å². The standard InChI is InChI=1S/C16H19N3/c17-10-14-2-1-3-15(18-14)19-16-7-11-4-12(8-16)6-13(5-11)9-16/h1-3,11-13H,4-9H2,(H,18,19). The Bertz CT molecular complexity index is 508. The van der Waals surface area contributed by atoms with E-state index in [1.165, 1.54) is 38.5 Å². The zero-order valence-electron chi connectivity index (χ0n) is 11.1. The minimum Gasteiger partial charge on any atom is -0.365 e. The highest BCUT2D eigenvalue weighted by Crippen LogP contribution is 2.56. The van der Waals surface area contributed by atoms with Crippen LogP contribution in [0.3, 0.4) is 0 Å². The Labute approximate surface area is 114 Å². The maximum Gasteiger partial charge on any atom is 0.142 e. The van der Waals surface area contributed by atoms with Crippen LogP contribution in [0.4, 0.5) is 5.82 Å². The Hall–Kier alpha value is -1.56. The van der Waals surface area contributed by atoms with Crippen molar-refractivity contribution >= 4 is 5.82 Å². The second-order valence-electron chi connectivity index (χ2n) is 6.84. The molecule has 1 aromatic heterocycles. The first kappa shape index (κ1) is 11.3. The summed E-state index contributed by atoms with van der Waals surface area (Å²) in [6, 6.07) is 7.82. The van der Waals surface area contributed by atoms with Gasteiger partial charge in [0.15, 0.2) is 0 Å². The van der Waals surface area contributed by atoms with Gasteiger partial charge in [-0.15, -0.1) is 0 Å². The molecule has 4 aliphatic rings. The number of nitriles is 1. The first-order chi connectivity index (χ1) is 9.25. The van der Waals surface area contributed by atoms with Gasteiger partial charge in [-0.3, -0.25) is 0 Å². The Morgan fingerprint density at radius 2 is 1.74 bits per heavy atom. The quantitative estimate of drug-likeness (QED) is 0.879. The molecular weight excluding hydrogens is 234 g/mol. The summed E-state index contributed by atoms with van der Waals surface area (Å²) in [6.45, 7) is 0. The van der Waals surface area contributed by atoms with Crippen molar-refractivity contribution in [3.63, 3.8) is 0 Å². The van der Waals surface area contributed by atoms with Crippen LogP contribution in [-0.4, -0.2) is 10.5 Å². The van der Waals surface area contributed by atoms with Gasteiger partial charge in [-0.1, -0.05) is 6.07 Å². The molecule has 19 heavy (non-hydrogen) atoms. The van der Waals surface area contributed by atoms with E-state index in [-0.39, 0.29) is 5.54 Å². The normalized spacial score (nSPS) is 39.0. The van der Waals surface area contributed by atoms with Gasteiger partial charge in [0, 0.05) is 5.54 Å². The number of hydrogen-bond acceptors (Lipinski definition) is 3. The van der Waals surface area contributed by atoms with Crippen molar-refractivity contribution < 1.29 is 0 Å². The monoisotopic (exact) mass is 253 g/mol. The Kier molecular flexibility index (Phi) is 2.35. The van der Waals surface area contributed by atoms with Gasteiger partial charge in [0.25, 0.3) is 0 Å². The molecule has 1 N–H and O–H groups in total. The second-order valence-corrected chi connectivity index (χ2v) is 6.84. The Morgan fingerprint density at radius 1 is 1.11 bits per heavy atom. The van der Waals surface area contributed by atoms with Crippen molar-refractivity contribution in [2.24, 2.45) is 17.8 Å². The smallest absolute Gasteiger partial charge is 0.142 e. The zero-order valence-corrected chi connectivity index (χ0v) is 11.1. The lowest BCUT2D eigenvalue weighted by Gasteiger charge is -2.57. The highest BCUT2D eigenvalue weighted by molar-refractivity contribution is 5.42. The summed E-state index contributed by atoms with van der Waals surface area (Å²) < 4.78 is 0. The Balaban J connectivity index is 1.60. The fraction of sp³-hybridized carbons (Fsp3) is 0.625. The number of hydrogen-bond donors (Lipinski definition) is 1. The molecular formula is C16H19N3. The third-order valence-corrected chi connectivity index (χ3v) is 5.30. The van der Waals surface area contributed by atoms with Crippen LogP contribution in [0.1, 0.15) is 44.2 Å². The molecule has 4 fully saturated rings. The molecule has 4 aliphatic carbocycles. The molecule has 1 aromatic rings. The average molecular weight is 253 g/mol. The lowest BCUT2D eigenvalue weighted by Crippen LogP contribution is -2.54. The minimum atomic E-state index is 0.274. The molecule has 5 rings (SSSR count). The topological polar surface area (TPSA) is 48.7 Å². The van der Waals surface area contributed by atoms with Crippen LogP contribution in [0.5, 0.6) is 0 Å². The third kappa shape index (κ3) is 1.90. The summed E-state index contributed by atoms with van der Waals surface area (Å²) in [7, 11) is 0. The van der Waals surface area contributed by atoms with E-state index >= 15 is 0 Å². The summed E-state index contributed by atoms with van der Waals surface area (Å²) in [5.41, 5.74) is 0.783. The van der Waals surface area contributed by atoms with Crippen molar-refractivity contribution in [3.8, 4) is 6.07 Å². The van der Waals surface area contributed by atoms with Crippen molar-refractivity contribution in [2.75, 3.05) is 5.32 Å². The van der Waals surface area contributed by atoms with Gasteiger partial charge >= 0.3 is 0 Å². The van der Waals surface area contributed by atoms with Gasteiger partial charge < -0.3 is 5.32 Å².